The molecule has 0 radical (unpaired) electrons. The number of ether oxygens (including phenoxy) is 1. The van der Waals surface area contributed by atoms with Crippen LogP contribution >= 0.6 is 23.4 Å². The summed E-state index contributed by atoms with van der Waals surface area (Å²) in [6, 6.07) is 5.65. The summed E-state index contributed by atoms with van der Waals surface area (Å²) < 4.78 is 7.25. The minimum absolute atomic E-state index is 0.0604. The molecule has 5 nitrogen and oxygen atoms in total. The van der Waals surface area contributed by atoms with Gasteiger partial charge in [-0.1, -0.05) is 23.4 Å². The van der Waals surface area contributed by atoms with Gasteiger partial charge in [-0.25, -0.2) is 4.98 Å². The fourth-order valence-electron chi connectivity index (χ4n) is 2.35. The molecule has 124 valence electrons. The molecule has 0 saturated heterocycles. The zero-order chi connectivity index (χ0) is 16.2. The number of nitrogens with one attached hydrogen (secondary N) is 1. The van der Waals surface area contributed by atoms with Crippen LogP contribution in [0.5, 0.6) is 0 Å². The molecule has 1 heterocycles. The predicted molar refractivity (Wildman–Crippen MR) is 93.1 cm³/mol. The first-order valence-corrected chi connectivity index (χ1v) is 9.08. The summed E-state index contributed by atoms with van der Waals surface area (Å²) in [5.41, 5.74) is 1.85. The monoisotopic (exact) mass is 353 g/mol. The number of hydrogen-bond donors (Lipinski definition) is 1. The third-order valence-corrected chi connectivity index (χ3v) is 5.02. The van der Waals surface area contributed by atoms with Crippen molar-refractivity contribution >= 4 is 40.3 Å². The Morgan fingerprint density at radius 3 is 3.09 bits per heavy atom. The number of benzene rings is 1. The second kappa shape index (κ2) is 7.55. The number of imidazole rings is 1. The van der Waals surface area contributed by atoms with Crippen molar-refractivity contribution in [3.63, 3.8) is 0 Å². The molecule has 0 aliphatic heterocycles. The molecule has 1 aromatic heterocycles. The van der Waals surface area contributed by atoms with E-state index in [1.807, 2.05) is 18.2 Å². The van der Waals surface area contributed by atoms with Crippen molar-refractivity contribution in [2.24, 2.45) is 5.92 Å². The number of carbonyl (C=O) groups excluding carboxylic acids is 1. The zero-order valence-corrected chi connectivity index (χ0v) is 14.6. The molecule has 0 spiro atoms. The minimum Gasteiger partial charge on any atom is -0.383 e. The predicted octanol–water partition coefficient (Wildman–Crippen LogP) is 2.95. The second-order valence-electron chi connectivity index (χ2n) is 5.71. The van der Waals surface area contributed by atoms with Gasteiger partial charge in [0.05, 0.1) is 23.4 Å². The number of thioether (sulfide) groups is 1. The highest BCUT2D eigenvalue weighted by molar-refractivity contribution is 7.99. The molecule has 1 fully saturated rings. The number of fused-ring (bicyclic) bond motifs is 1. The summed E-state index contributed by atoms with van der Waals surface area (Å²) in [5.74, 6) is 1.12. The fraction of sp³-hybridized carbons (Fsp3) is 0.500. The lowest BCUT2D eigenvalue weighted by Crippen LogP contribution is -2.27. The molecule has 1 saturated carbocycles. The lowest BCUT2D eigenvalue weighted by Gasteiger charge is -2.08. The molecule has 2 aromatic rings. The SMILES string of the molecule is COCCn1c(SCC(=O)NCC2CC2)nc2cc(Cl)ccc21. The van der Waals surface area contributed by atoms with Crippen molar-refractivity contribution in [1.82, 2.24) is 14.9 Å². The van der Waals surface area contributed by atoms with E-state index in [2.05, 4.69) is 14.9 Å². The van der Waals surface area contributed by atoms with Crippen LogP contribution in [0.3, 0.4) is 0 Å². The van der Waals surface area contributed by atoms with Gasteiger partial charge in [0.1, 0.15) is 0 Å². The third kappa shape index (κ3) is 4.40. The fourth-order valence-corrected chi connectivity index (χ4v) is 3.39. The zero-order valence-electron chi connectivity index (χ0n) is 13.0. The first-order chi connectivity index (χ1) is 11.2. The Hall–Kier alpha value is -1.24. The summed E-state index contributed by atoms with van der Waals surface area (Å²) in [6.45, 7) is 2.09. The van der Waals surface area contributed by atoms with E-state index in [1.54, 1.807) is 7.11 Å². The molecule has 7 heteroatoms. The van der Waals surface area contributed by atoms with Crippen molar-refractivity contribution in [3.8, 4) is 0 Å². The Morgan fingerprint density at radius 2 is 2.35 bits per heavy atom. The molecular formula is C16H20ClN3O2S. The number of rotatable bonds is 8. The molecule has 23 heavy (non-hydrogen) atoms. The molecule has 1 amide bonds. The van der Waals surface area contributed by atoms with Gasteiger partial charge in [0, 0.05) is 25.2 Å². The number of hydrogen-bond acceptors (Lipinski definition) is 4. The quantitative estimate of drug-likeness (QED) is 0.741. The van der Waals surface area contributed by atoms with Gasteiger partial charge in [-0.2, -0.15) is 0 Å². The lowest BCUT2D eigenvalue weighted by molar-refractivity contribution is -0.118. The van der Waals surface area contributed by atoms with Gasteiger partial charge in [-0.05, 0) is 37.0 Å². The Morgan fingerprint density at radius 1 is 1.52 bits per heavy atom. The van der Waals surface area contributed by atoms with Gasteiger partial charge in [0.15, 0.2) is 5.16 Å². The van der Waals surface area contributed by atoms with Gasteiger partial charge in [-0.15, -0.1) is 0 Å². The van der Waals surface area contributed by atoms with Crippen LogP contribution in [-0.4, -0.2) is 41.5 Å². The number of aromatic nitrogens is 2. The van der Waals surface area contributed by atoms with E-state index in [-0.39, 0.29) is 5.91 Å². The van der Waals surface area contributed by atoms with E-state index in [0.29, 0.717) is 29.8 Å². The Kier molecular flexibility index (Phi) is 5.46. The Bertz CT molecular complexity index is 700. The molecule has 0 unspecified atom stereocenters. The normalized spacial score (nSPS) is 14.3. The Balaban J connectivity index is 1.70. The van der Waals surface area contributed by atoms with Gasteiger partial charge in [0.25, 0.3) is 0 Å². The standard InChI is InChI=1S/C16H20ClN3O2S/c1-22-7-6-20-14-5-4-12(17)8-13(14)19-16(20)23-10-15(21)18-9-11-2-3-11/h4-5,8,11H,2-3,6-7,9-10H2,1H3,(H,18,21). The van der Waals surface area contributed by atoms with Crippen LogP contribution in [0.25, 0.3) is 11.0 Å². The van der Waals surface area contributed by atoms with E-state index >= 15 is 0 Å². The largest absolute Gasteiger partial charge is 0.383 e. The molecule has 1 aliphatic rings. The molecule has 0 atom stereocenters. The van der Waals surface area contributed by atoms with Crippen molar-refractivity contribution < 1.29 is 9.53 Å². The molecule has 1 aromatic carbocycles. The minimum atomic E-state index is 0.0604. The number of halogens is 1. The molecule has 3 rings (SSSR count). The summed E-state index contributed by atoms with van der Waals surface area (Å²) in [7, 11) is 1.67. The highest BCUT2D eigenvalue weighted by Crippen LogP contribution is 2.28. The van der Waals surface area contributed by atoms with Gasteiger partial charge in [0.2, 0.25) is 5.91 Å². The summed E-state index contributed by atoms with van der Waals surface area (Å²) >= 11 is 7.49. The highest BCUT2D eigenvalue weighted by Gasteiger charge is 2.21. The van der Waals surface area contributed by atoms with Crippen molar-refractivity contribution in [2.45, 2.75) is 24.5 Å². The smallest absolute Gasteiger partial charge is 0.230 e. The lowest BCUT2D eigenvalue weighted by atomic mass is 10.3. The van der Waals surface area contributed by atoms with Crippen LogP contribution in [0.1, 0.15) is 12.8 Å². The number of methoxy groups -OCH3 is 1. The van der Waals surface area contributed by atoms with Gasteiger partial charge >= 0.3 is 0 Å². The molecular weight excluding hydrogens is 334 g/mol. The highest BCUT2D eigenvalue weighted by atomic mass is 35.5. The maximum atomic E-state index is 11.9. The average molecular weight is 354 g/mol. The van der Waals surface area contributed by atoms with E-state index in [0.717, 1.165) is 22.7 Å². The average Bonchev–Trinajstić information content (AvgIpc) is 3.30. The number of nitrogens with zero attached hydrogens (tertiary/aromatic N) is 2. The van der Waals surface area contributed by atoms with Crippen LogP contribution in [0, 0.1) is 5.92 Å². The van der Waals surface area contributed by atoms with Crippen molar-refractivity contribution in [2.75, 3.05) is 26.0 Å². The van der Waals surface area contributed by atoms with E-state index in [9.17, 15) is 4.79 Å². The van der Waals surface area contributed by atoms with E-state index in [4.69, 9.17) is 16.3 Å². The maximum absolute atomic E-state index is 11.9. The molecule has 0 bridgehead atoms. The first kappa shape index (κ1) is 16.6. The third-order valence-electron chi connectivity index (χ3n) is 3.81. The Labute approximate surface area is 144 Å². The van der Waals surface area contributed by atoms with E-state index < -0.39 is 0 Å². The van der Waals surface area contributed by atoms with Crippen LogP contribution in [0.15, 0.2) is 23.4 Å². The number of carbonyl (C=O) groups is 1. The maximum Gasteiger partial charge on any atom is 0.230 e. The molecule has 1 aliphatic carbocycles. The van der Waals surface area contributed by atoms with Crippen molar-refractivity contribution in [3.05, 3.63) is 23.2 Å². The van der Waals surface area contributed by atoms with Crippen molar-refractivity contribution in [1.29, 1.82) is 0 Å². The van der Waals surface area contributed by atoms with Crippen LogP contribution < -0.4 is 5.32 Å². The summed E-state index contributed by atoms with van der Waals surface area (Å²) in [4.78, 5) is 16.5. The summed E-state index contributed by atoms with van der Waals surface area (Å²) in [5, 5.41) is 4.46. The van der Waals surface area contributed by atoms with Gasteiger partial charge in [-0.3, -0.25) is 4.79 Å². The van der Waals surface area contributed by atoms with E-state index in [1.165, 1.54) is 24.6 Å². The molecule has 1 N–H and O–H groups in total. The topological polar surface area (TPSA) is 56.1 Å². The van der Waals surface area contributed by atoms with Crippen LogP contribution in [0.2, 0.25) is 5.02 Å². The first-order valence-electron chi connectivity index (χ1n) is 7.71. The van der Waals surface area contributed by atoms with Crippen LogP contribution in [0.4, 0.5) is 0 Å². The van der Waals surface area contributed by atoms with Gasteiger partial charge < -0.3 is 14.6 Å². The summed E-state index contributed by atoms with van der Waals surface area (Å²) in [6.07, 6.45) is 2.47. The van der Waals surface area contributed by atoms with Crippen LogP contribution in [-0.2, 0) is 16.1 Å². The second-order valence-corrected chi connectivity index (χ2v) is 7.09. The number of amides is 1.